The average Bonchev–Trinajstić information content (AvgIpc) is 3.57. The molecule has 166 valence electrons. The predicted octanol–water partition coefficient (Wildman–Crippen LogP) is 3.55. The lowest BCUT2D eigenvalue weighted by atomic mass is 10.1. The molecule has 9 nitrogen and oxygen atoms in total. The van der Waals surface area contributed by atoms with Crippen molar-refractivity contribution < 1.29 is 9.26 Å². The molecular weight excluding hydrogens is 430 g/mol. The van der Waals surface area contributed by atoms with Crippen LogP contribution in [-0.4, -0.2) is 34.5 Å². The van der Waals surface area contributed by atoms with Gasteiger partial charge in [0, 0.05) is 18.1 Å². The number of fused-ring (bicyclic) bond motifs is 5. The van der Waals surface area contributed by atoms with Gasteiger partial charge >= 0.3 is 0 Å². The van der Waals surface area contributed by atoms with Crippen molar-refractivity contribution >= 4 is 0 Å². The molecule has 2 aromatic carbocycles. The number of imidazole rings is 1. The molecule has 0 N–H and O–H groups in total. The Balaban J connectivity index is 1.44. The van der Waals surface area contributed by atoms with Crippen LogP contribution >= 0.6 is 0 Å². The third-order valence-corrected chi connectivity index (χ3v) is 5.75. The maximum Gasteiger partial charge on any atom is 0.223 e. The molecule has 1 aliphatic rings. The van der Waals surface area contributed by atoms with Gasteiger partial charge in [-0.05, 0) is 23.8 Å². The van der Waals surface area contributed by atoms with Crippen molar-refractivity contribution in [2.75, 3.05) is 0 Å². The molecule has 6 rings (SSSR count). The van der Waals surface area contributed by atoms with Crippen molar-refractivity contribution in [1.29, 1.82) is 0 Å². The molecule has 0 saturated heterocycles. The number of aryl methyl sites for hydroxylation is 1. The molecule has 34 heavy (non-hydrogen) atoms. The highest BCUT2D eigenvalue weighted by Gasteiger charge is 2.28. The number of rotatable bonds is 5. The highest BCUT2D eigenvalue weighted by atomic mass is 16.5. The van der Waals surface area contributed by atoms with E-state index >= 15 is 0 Å². The summed E-state index contributed by atoms with van der Waals surface area (Å²) < 4.78 is 15.2. The van der Waals surface area contributed by atoms with Crippen LogP contribution in [-0.2, 0) is 24.5 Å². The largest absolute Gasteiger partial charge is 0.369 e. The number of hydrogen-bond donors (Lipinski definition) is 0. The number of ether oxygens (including phenoxy) is 1. The van der Waals surface area contributed by atoms with Gasteiger partial charge in [0.1, 0.15) is 18.6 Å². The normalized spacial score (nSPS) is 11.9. The van der Waals surface area contributed by atoms with Crippen molar-refractivity contribution in [2.45, 2.75) is 26.7 Å². The molecular formula is C25H19N7O2. The molecule has 5 aromatic rings. The minimum atomic E-state index is 0.302. The van der Waals surface area contributed by atoms with E-state index in [-0.39, 0.29) is 0 Å². The van der Waals surface area contributed by atoms with E-state index in [2.05, 4.69) is 31.2 Å². The van der Waals surface area contributed by atoms with Crippen molar-refractivity contribution in [3.05, 3.63) is 83.4 Å². The monoisotopic (exact) mass is 449 g/mol. The zero-order valence-electron chi connectivity index (χ0n) is 18.3. The molecule has 0 radical (unpaired) electrons. The van der Waals surface area contributed by atoms with Crippen LogP contribution in [0.3, 0.4) is 0 Å². The Kier molecular flexibility index (Phi) is 4.78. The smallest absolute Gasteiger partial charge is 0.223 e. The Hall–Kier alpha value is -4.55. The summed E-state index contributed by atoms with van der Waals surface area (Å²) in [4.78, 5) is 8.98. The van der Waals surface area contributed by atoms with Gasteiger partial charge in [0.25, 0.3) is 0 Å². The lowest BCUT2D eigenvalue weighted by Crippen LogP contribution is -2.09. The van der Waals surface area contributed by atoms with Gasteiger partial charge in [-0.25, -0.2) is 4.98 Å². The molecule has 4 heterocycles. The molecule has 0 atom stereocenters. The minimum Gasteiger partial charge on any atom is -0.369 e. The zero-order valence-corrected chi connectivity index (χ0v) is 18.3. The fraction of sp³-hybridized carbons (Fsp3) is 0.160. The first-order valence-corrected chi connectivity index (χ1v) is 10.7. The molecule has 9 heteroatoms. The quantitative estimate of drug-likeness (QED) is 0.371. The Morgan fingerprint density at radius 1 is 1.12 bits per heavy atom. The van der Waals surface area contributed by atoms with Crippen LogP contribution in [0.2, 0.25) is 0 Å². The summed E-state index contributed by atoms with van der Waals surface area (Å²) in [5.41, 5.74) is 5.14. The average molecular weight is 449 g/mol. The molecule has 0 spiro atoms. The van der Waals surface area contributed by atoms with Crippen LogP contribution in [0.25, 0.3) is 28.6 Å². The van der Waals surface area contributed by atoms with Crippen LogP contribution < -0.4 is 0 Å². The first-order chi connectivity index (χ1) is 16.7. The summed E-state index contributed by atoms with van der Waals surface area (Å²) in [7, 11) is 0. The summed E-state index contributed by atoms with van der Waals surface area (Å²) in [5.74, 6) is 5.03. The fourth-order valence-electron chi connectivity index (χ4n) is 4.12. The first-order valence-electron chi connectivity index (χ1n) is 10.7. The Labute approximate surface area is 195 Å². The molecule has 0 aliphatic carbocycles. The predicted molar refractivity (Wildman–Crippen MR) is 123 cm³/mol. The van der Waals surface area contributed by atoms with Gasteiger partial charge in [-0.15, -0.1) is 16.6 Å². The van der Waals surface area contributed by atoms with Gasteiger partial charge in [-0.1, -0.05) is 41.4 Å². The number of nitrogens with zero attached hydrogens (tertiary/aromatic N) is 7. The highest BCUT2D eigenvalue weighted by molar-refractivity contribution is 5.72. The summed E-state index contributed by atoms with van der Waals surface area (Å²) >= 11 is 0. The summed E-state index contributed by atoms with van der Waals surface area (Å²) in [6.45, 7) is 2.99. The minimum absolute atomic E-state index is 0.302. The molecule has 0 unspecified atom stereocenters. The van der Waals surface area contributed by atoms with E-state index in [0.29, 0.717) is 48.8 Å². The summed E-state index contributed by atoms with van der Waals surface area (Å²) in [5, 5.41) is 13.0. The van der Waals surface area contributed by atoms with Crippen LogP contribution in [0.1, 0.15) is 28.5 Å². The number of terminal acetylenes is 1. The molecule has 3 aromatic heterocycles. The second kappa shape index (κ2) is 8.10. The van der Waals surface area contributed by atoms with Crippen LogP contribution in [0.15, 0.2) is 59.4 Å². The van der Waals surface area contributed by atoms with E-state index in [1.54, 1.807) is 13.3 Å². The Morgan fingerprint density at radius 2 is 2.00 bits per heavy atom. The second-order valence-corrected chi connectivity index (χ2v) is 7.93. The van der Waals surface area contributed by atoms with Gasteiger partial charge in [0.2, 0.25) is 11.7 Å². The third-order valence-electron chi connectivity index (χ3n) is 5.75. The van der Waals surface area contributed by atoms with Gasteiger partial charge in [-0.3, -0.25) is 4.57 Å². The van der Waals surface area contributed by atoms with Gasteiger partial charge in [0.05, 0.1) is 24.5 Å². The fourth-order valence-corrected chi connectivity index (χ4v) is 4.12. The van der Waals surface area contributed by atoms with E-state index < -0.39 is 0 Å². The summed E-state index contributed by atoms with van der Waals surface area (Å²) in [6, 6.07) is 15.8. The van der Waals surface area contributed by atoms with E-state index in [4.69, 9.17) is 15.7 Å². The Bertz CT molecular complexity index is 1540. The van der Waals surface area contributed by atoms with Crippen LogP contribution in [0, 0.1) is 19.3 Å². The summed E-state index contributed by atoms with van der Waals surface area (Å²) in [6.07, 6.45) is 7.45. The van der Waals surface area contributed by atoms with Crippen molar-refractivity contribution in [2.24, 2.45) is 0 Å². The van der Waals surface area contributed by atoms with E-state index in [1.165, 1.54) is 0 Å². The Morgan fingerprint density at radius 3 is 2.79 bits per heavy atom. The van der Waals surface area contributed by atoms with Crippen molar-refractivity contribution in [3.8, 4) is 40.9 Å². The molecule has 0 fully saturated rings. The van der Waals surface area contributed by atoms with Crippen LogP contribution in [0.4, 0.5) is 0 Å². The van der Waals surface area contributed by atoms with E-state index in [0.717, 1.165) is 28.1 Å². The number of hydrogen-bond acceptors (Lipinski definition) is 7. The maximum atomic E-state index is 5.97. The SMILES string of the molecule is C#Cc1ccc2c(c1)-c1nnc(COCc3ccccc3)n1Cc1c(-c3noc(C)n3)ncn1-2. The molecule has 0 bridgehead atoms. The van der Waals surface area contributed by atoms with Gasteiger partial charge < -0.3 is 13.8 Å². The third kappa shape index (κ3) is 3.37. The first kappa shape index (κ1) is 20.1. The van der Waals surface area contributed by atoms with Crippen molar-refractivity contribution in [1.82, 2.24) is 34.5 Å². The van der Waals surface area contributed by atoms with E-state index in [1.807, 2.05) is 57.7 Å². The molecule has 0 saturated carbocycles. The van der Waals surface area contributed by atoms with Gasteiger partial charge in [-0.2, -0.15) is 4.98 Å². The lowest BCUT2D eigenvalue weighted by Gasteiger charge is -2.09. The number of aromatic nitrogens is 7. The lowest BCUT2D eigenvalue weighted by molar-refractivity contribution is 0.0994. The molecule has 0 amide bonds. The standard InChI is InChI=1S/C25H19N7O2/c1-3-17-9-10-20-19(11-17)25-29-28-22(14-33-13-18-7-5-4-6-8-18)31(25)12-21-23(26-15-32(20)21)24-27-16(2)34-30-24/h1,4-11,15H,12-14H2,2H3. The number of benzene rings is 2. The molecule has 1 aliphatic heterocycles. The second-order valence-electron chi connectivity index (χ2n) is 7.93. The topological polar surface area (TPSA) is 96.7 Å². The zero-order chi connectivity index (χ0) is 23.1. The maximum absolute atomic E-state index is 5.97. The van der Waals surface area contributed by atoms with E-state index in [9.17, 15) is 0 Å². The van der Waals surface area contributed by atoms with Crippen LogP contribution in [0.5, 0.6) is 0 Å². The van der Waals surface area contributed by atoms with Gasteiger partial charge in [0.15, 0.2) is 11.6 Å². The van der Waals surface area contributed by atoms with Crippen molar-refractivity contribution in [3.63, 3.8) is 0 Å². The highest BCUT2D eigenvalue weighted by Crippen LogP contribution is 2.35.